The minimum atomic E-state index is 0.772. The lowest BCUT2D eigenvalue weighted by Gasteiger charge is -1.95. The van der Waals surface area contributed by atoms with Crippen molar-refractivity contribution in [2.45, 2.75) is 6.54 Å². The van der Waals surface area contributed by atoms with Crippen molar-refractivity contribution in [2.24, 2.45) is 0 Å². The van der Waals surface area contributed by atoms with Gasteiger partial charge in [-0.05, 0) is 5.56 Å². The summed E-state index contributed by atoms with van der Waals surface area (Å²) < 4.78 is 1.80. The molecule has 0 aliphatic rings. The second kappa shape index (κ2) is 3.76. The van der Waals surface area contributed by atoms with Gasteiger partial charge < -0.3 is 0 Å². The monoisotopic (exact) mass is 172 g/mol. The van der Waals surface area contributed by atoms with Gasteiger partial charge in [-0.3, -0.25) is 0 Å². The minimum absolute atomic E-state index is 0.772. The maximum atomic E-state index is 3.94. The number of hydrogen-bond donors (Lipinski definition) is 0. The Morgan fingerprint density at radius 2 is 1.92 bits per heavy atom. The molecule has 0 unspecified atom stereocenters. The highest BCUT2D eigenvalue weighted by Gasteiger charge is 1.98. The molecule has 3 heteroatoms. The number of aromatic nitrogens is 3. The molecule has 0 atom stereocenters. The summed E-state index contributed by atoms with van der Waals surface area (Å²) in [7, 11) is 0. The molecule has 3 nitrogen and oxygen atoms in total. The van der Waals surface area contributed by atoms with Gasteiger partial charge in [0, 0.05) is 6.07 Å². The molecule has 0 saturated heterocycles. The lowest BCUT2D eigenvalue weighted by Crippen LogP contribution is -2.38. The van der Waals surface area contributed by atoms with E-state index in [-0.39, 0.29) is 0 Å². The largest absolute Gasteiger partial charge is 0.171 e. The fourth-order valence-corrected chi connectivity index (χ4v) is 1.16. The average molecular weight is 172 g/mol. The van der Waals surface area contributed by atoms with E-state index in [0.29, 0.717) is 0 Å². The van der Waals surface area contributed by atoms with Crippen LogP contribution in [0.15, 0.2) is 48.8 Å². The second-order valence-electron chi connectivity index (χ2n) is 2.78. The lowest BCUT2D eigenvalue weighted by molar-refractivity contribution is -0.751. The molecule has 0 radical (unpaired) electrons. The highest BCUT2D eigenvalue weighted by Crippen LogP contribution is 1.95. The van der Waals surface area contributed by atoms with Crippen LogP contribution in [0.25, 0.3) is 0 Å². The Labute approximate surface area is 76.7 Å². The average Bonchev–Trinajstić information content (AvgIpc) is 2.21. The first-order chi connectivity index (χ1) is 6.45. The van der Waals surface area contributed by atoms with Gasteiger partial charge in [0.1, 0.15) is 18.0 Å². The predicted octanol–water partition coefficient (Wildman–Crippen LogP) is 0.812. The van der Waals surface area contributed by atoms with Gasteiger partial charge in [-0.2, -0.15) is 0 Å². The van der Waals surface area contributed by atoms with E-state index in [1.54, 1.807) is 10.9 Å². The van der Waals surface area contributed by atoms with Crippen LogP contribution in [-0.2, 0) is 6.54 Å². The fourth-order valence-electron chi connectivity index (χ4n) is 1.16. The van der Waals surface area contributed by atoms with Crippen LogP contribution < -0.4 is 4.68 Å². The van der Waals surface area contributed by atoms with E-state index in [2.05, 4.69) is 22.4 Å². The Balaban J connectivity index is 2.16. The first kappa shape index (κ1) is 7.86. The Morgan fingerprint density at radius 1 is 1.08 bits per heavy atom. The summed E-state index contributed by atoms with van der Waals surface area (Å²) in [6.45, 7) is 0.772. The van der Waals surface area contributed by atoms with Crippen LogP contribution in [0.2, 0.25) is 0 Å². The molecule has 0 fully saturated rings. The molecule has 0 N–H and O–H groups in total. The fraction of sp³-hybridized carbons (Fsp3) is 0.100. The van der Waals surface area contributed by atoms with Crippen molar-refractivity contribution in [2.75, 3.05) is 0 Å². The number of benzene rings is 1. The Kier molecular flexibility index (Phi) is 2.27. The van der Waals surface area contributed by atoms with Crippen LogP contribution in [0.3, 0.4) is 0 Å². The first-order valence-electron chi connectivity index (χ1n) is 4.16. The van der Waals surface area contributed by atoms with E-state index in [1.165, 1.54) is 5.56 Å². The van der Waals surface area contributed by atoms with Crippen LogP contribution in [0.4, 0.5) is 0 Å². The van der Waals surface area contributed by atoms with Gasteiger partial charge >= 0.3 is 0 Å². The van der Waals surface area contributed by atoms with Crippen molar-refractivity contribution >= 4 is 0 Å². The summed E-state index contributed by atoms with van der Waals surface area (Å²) in [5.74, 6) is 0. The van der Waals surface area contributed by atoms with E-state index >= 15 is 0 Å². The third-order valence-corrected chi connectivity index (χ3v) is 1.76. The predicted molar refractivity (Wildman–Crippen MR) is 47.8 cm³/mol. The third-order valence-electron chi connectivity index (χ3n) is 1.76. The Morgan fingerprint density at radius 3 is 2.62 bits per heavy atom. The second-order valence-corrected chi connectivity index (χ2v) is 2.78. The van der Waals surface area contributed by atoms with Crippen LogP contribution in [-0.4, -0.2) is 10.3 Å². The molecule has 0 saturated carbocycles. The van der Waals surface area contributed by atoms with Crippen LogP contribution in [0.1, 0.15) is 5.56 Å². The molecule has 1 heterocycles. The third kappa shape index (κ3) is 2.08. The van der Waals surface area contributed by atoms with Crippen molar-refractivity contribution in [3.63, 3.8) is 0 Å². The summed E-state index contributed by atoms with van der Waals surface area (Å²) in [6, 6.07) is 12.1. The van der Waals surface area contributed by atoms with Gasteiger partial charge in [0.25, 0.3) is 0 Å². The molecule has 13 heavy (non-hydrogen) atoms. The molecule has 1 aromatic carbocycles. The molecule has 2 rings (SSSR count). The van der Waals surface area contributed by atoms with Crippen LogP contribution in [0.5, 0.6) is 0 Å². The molecule has 1 aromatic heterocycles. The molecule has 0 aliphatic carbocycles. The standard InChI is InChI=1S/C10H10N3/c1-2-5-10(6-3-1)9-13-8-4-7-11-12-13/h1-8H,9H2/q+1. The van der Waals surface area contributed by atoms with Crippen molar-refractivity contribution in [3.8, 4) is 0 Å². The number of rotatable bonds is 2. The van der Waals surface area contributed by atoms with Crippen molar-refractivity contribution in [3.05, 3.63) is 54.4 Å². The highest BCUT2D eigenvalue weighted by atomic mass is 15.4. The smallest absolute Gasteiger partial charge is 0.133 e. The van der Waals surface area contributed by atoms with E-state index in [4.69, 9.17) is 0 Å². The highest BCUT2D eigenvalue weighted by molar-refractivity contribution is 5.12. The number of nitrogens with zero attached hydrogens (tertiary/aromatic N) is 3. The van der Waals surface area contributed by atoms with Gasteiger partial charge in [-0.15, -0.1) is 4.68 Å². The molecule has 0 aliphatic heterocycles. The summed E-state index contributed by atoms with van der Waals surface area (Å²) >= 11 is 0. The molecule has 0 bridgehead atoms. The topological polar surface area (TPSA) is 29.7 Å². The maximum absolute atomic E-state index is 3.94. The summed E-state index contributed by atoms with van der Waals surface area (Å²) in [5, 5.41) is 7.73. The molecule has 0 amide bonds. The summed E-state index contributed by atoms with van der Waals surface area (Å²) in [6.07, 6.45) is 3.57. The molecule has 2 aromatic rings. The summed E-state index contributed by atoms with van der Waals surface area (Å²) in [5.41, 5.74) is 1.23. The van der Waals surface area contributed by atoms with E-state index in [1.807, 2.05) is 30.5 Å². The Hall–Kier alpha value is -1.77. The zero-order valence-corrected chi connectivity index (χ0v) is 7.17. The number of hydrogen-bond acceptors (Lipinski definition) is 2. The van der Waals surface area contributed by atoms with E-state index < -0.39 is 0 Å². The van der Waals surface area contributed by atoms with E-state index in [0.717, 1.165) is 6.54 Å². The Bertz CT molecular complexity index is 321. The van der Waals surface area contributed by atoms with Crippen LogP contribution in [0, 0.1) is 0 Å². The molecule has 64 valence electrons. The van der Waals surface area contributed by atoms with Crippen molar-refractivity contribution in [1.82, 2.24) is 10.3 Å². The van der Waals surface area contributed by atoms with Gasteiger partial charge in [0.2, 0.25) is 0 Å². The van der Waals surface area contributed by atoms with Gasteiger partial charge in [-0.25, -0.2) is 0 Å². The van der Waals surface area contributed by atoms with Gasteiger partial charge in [0.05, 0.1) is 5.10 Å². The maximum Gasteiger partial charge on any atom is 0.171 e. The molecule has 0 spiro atoms. The van der Waals surface area contributed by atoms with Gasteiger partial charge in [0.15, 0.2) is 6.20 Å². The zero-order chi connectivity index (χ0) is 8.93. The van der Waals surface area contributed by atoms with Crippen molar-refractivity contribution < 1.29 is 4.68 Å². The van der Waals surface area contributed by atoms with Crippen LogP contribution >= 0.6 is 0 Å². The zero-order valence-electron chi connectivity index (χ0n) is 7.17. The van der Waals surface area contributed by atoms with E-state index in [9.17, 15) is 0 Å². The SMILES string of the molecule is c1ccc(C[n+]2cccnn2)cc1. The summed E-state index contributed by atoms with van der Waals surface area (Å²) in [4.78, 5) is 0. The quantitative estimate of drug-likeness (QED) is 0.627. The lowest BCUT2D eigenvalue weighted by atomic mass is 10.2. The molecular weight excluding hydrogens is 162 g/mol. The molecular formula is C10H10N3+. The normalized spacial score (nSPS) is 9.85. The van der Waals surface area contributed by atoms with Gasteiger partial charge in [-0.1, -0.05) is 30.3 Å². The minimum Gasteiger partial charge on any atom is -0.133 e. The van der Waals surface area contributed by atoms with Crippen molar-refractivity contribution in [1.29, 1.82) is 0 Å². The first-order valence-corrected chi connectivity index (χ1v) is 4.16.